The van der Waals surface area contributed by atoms with E-state index in [-0.39, 0.29) is 0 Å². The summed E-state index contributed by atoms with van der Waals surface area (Å²) in [5, 5.41) is 6.67. The Labute approximate surface area is 157 Å². The van der Waals surface area contributed by atoms with Gasteiger partial charge in [0.1, 0.15) is 6.10 Å². The monoisotopic (exact) mass is 362 g/mol. The molecule has 1 aliphatic carbocycles. The molecule has 26 heavy (non-hydrogen) atoms. The van der Waals surface area contributed by atoms with Crippen LogP contribution in [0.3, 0.4) is 0 Å². The number of pyridine rings is 1. The summed E-state index contributed by atoms with van der Waals surface area (Å²) in [4.78, 5) is 9.01. The van der Waals surface area contributed by atoms with Crippen LogP contribution in [-0.2, 0) is 11.3 Å². The second-order valence-electron chi connectivity index (χ2n) is 6.55. The van der Waals surface area contributed by atoms with E-state index in [1.807, 2.05) is 25.3 Å². The highest BCUT2D eigenvalue weighted by atomic mass is 16.5. The van der Waals surface area contributed by atoms with Gasteiger partial charge in [-0.2, -0.15) is 0 Å². The maximum atomic E-state index is 5.98. The Morgan fingerprint density at radius 2 is 2.08 bits per heavy atom. The quantitative estimate of drug-likeness (QED) is 0.359. The normalized spacial score (nSPS) is 15.2. The number of aliphatic imine (C=N–C) groups is 1. The molecule has 0 atom stereocenters. The van der Waals surface area contributed by atoms with Crippen LogP contribution in [0.4, 0.5) is 0 Å². The largest absolute Gasteiger partial charge is 0.474 e. The smallest absolute Gasteiger partial charge is 0.213 e. The molecule has 1 fully saturated rings. The minimum atomic E-state index is 0.330. The maximum Gasteiger partial charge on any atom is 0.213 e. The Morgan fingerprint density at radius 3 is 2.85 bits per heavy atom. The number of nitrogens with zero attached hydrogens (tertiary/aromatic N) is 2. The highest BCUT2D eigenvalue weighted by Crippen LogP contribution is 2.23. The van der Waals surface area contributed by atoms with E-state index in [1.54, 1.807) is 0 Å². The van der Waals surface area contributed by atoms with E-state index in [1.165, 1.54) is 12.8 Å². The Bertz CT molecular complexity index is 530. The lowest BCUT2D eigenvalue weighted by molar-refractivity contribution is 0.143. The van der Waals surface area contributed by atoms with E-state index >= 15 is 0 Å². The number of unbranched alkanes of at least 4 members (excludes halogenated alkanes) is 1. The number of guanidine groups is 1. The van der Waals surface area contributed by atoms with Crippen molar-refractivity contribution in [1.29, 1.82) is 0 Å². The van der Waals surface area contributed by atoms with Gasteiger partial charge in [0.25, 0.3) is 0 Å². The predicted octanol–water partition coefficient (Wildman–Crippen LogP) is 3.27. The molecule has 0 radical (unpaired) electrons. The lowest BCUT2D eigenvalue weighted by Gasteiger charge is -2.13. The fourth-order valence-electron chi connectivity index (χ4n) is 2.98. The van der Waals surface area contributed by atoms with Crippen molar-refractivity contribution < 1.29 is 9.47 Å². The zero-order chi connectivity index (χ0) is 18.5. The van der Waals surface area contributed by atoms with Crippen molar-refractivity contribution in [1.82, 2.24) is 15.6 Å². The fraction of sp³-hybridized carbons (Fsp3) is 0.700. The summed E-state index contributed by atoms with van der Waals surface area (Å²) in [5.41, 5.74) is 1.11. The van der Waals surface area contributed by atoms with Gasteiger partial charge in [0.15, 0.2) is 5.96 Å². The van der Waals surface area contributed by atoms with Crippen molar-refractivity contribution >= 4 is 5.96 Å². The Hall–Kier alpha value is -1.82. The van der Waals surface area contributed by atoms with E-state index < -0.39 is 0 Å². The molecule has 0 aliphatic heterocycles. The van der Waals surface area contributed by atoms with E-state index in [2.05, 4.69) is 27.5 Å². The van der Waals surface area contributed by atoms with Crippen LogP contribution in [0.15, 0.2) is 23.3 Å². The molecule has 0 saturated heterocycles. The molecule has 0 aromatic carbocycles. The van der Waals surface area contributed by atoms with Crippen LogP contribution in [0, 0.1) is 0 Å². The third-order valence-electron chi connectivity index (χ3n) is 4.36. The zero-order valence-electron chi connectivity index (χ0n) is 16.3. The first kappa shape index (κ1) is 20.5. The molecule has 2 N–H and O–H groups in total. The van der Waals surface area contributed by atoms with Crippen LogP contribution in [-0.4, -0.2) is 43.4 Å². The third-order valence-corrected chi connectivity index (χ3v) is 4.36. The SMILES string of the molecule is CCNC(=NCc1ccnc(OC2CCCC2)c1)NCCCCOCC. The fourth-order valence-corrected chi connectivity index (χ4v) is 2.98. The first-order valence-corrected chi connectivity index (χ1v) is 10.0. The average molecular weight is 363 g/mol. The summed E-state index contributed by atoms with van der Waals surface area (Å²) in [6.45, 7) is 8.06. The molecule has 0 amide bonds. The van der Waals surface area contributed by atoms with Gasteiger partial charge >= 0.3 is 0 Å². The molecule has 0 unspecified atom stereocenters. The molecule has 146 valence electrons. The van der Waals surface area contributed by atoms with E-state index in [0.29, 0.717) is 12.6 Å². The molecular formula is C20H34N4O2. The van der Waals surface area contributed by atoms with Crippen LogP contribution in [0.25, 0.3) is 0 Å². The van der Waals surface area contributed by atoms with Crippen LogP contribution in [0.1, 0.15) is 57.9 Å². The molecule has 0 spiro atoms. The predicted molar refractivity (Wildman–Crippen MR) is 106 cm³/mol. The van der Waals surface area contributed by atoms with Crippen molar-refractivity contribution in [2.75, 3.05) is 26.3 Å². The van der Waals surface area contributed by atoms with Crippen LogP contribution < -0.4 is 15.4 Å². The molecule has 1 saturated carbocycles. The number of hydrogen-bond donors (Lipinski definition) is 2. The van der Waals surface area contributed by atoms with Crippen molar-refractivity contribution in [2.24, 2.45) is 4.99 Å². The first-order chi connectivity index (χ1) is 12.8. The van der Waals surface area contributed by atoms with Crippen molar-refractivity contribution in [3.8, 4) is 5.88 Å². The van der Waals surface area contributed by atoms with Gasteiger partial charge in [0, 0.05) is 38.6 Å². The van der Waals surface area contributed by atoms with Gasteiger partial charge in [-0.1, -0.05) is 0 Å². The highest BCUT2D eigenvalue weighted by molar-refractivity contribution is 5.79. The number of nitrogens with one attached hydrogen (secondary N) is 2. The zero-order valence-corrected chi connectivity index (χ0v) is 16.3. The molecule has 6 heteroatoms. The second-order valence-corrected chi connectivity index (χ2v) is 6.55. The van der Waals surface area contributed by atoms with Gasteiger partial charge in [-0.3, -0.25) is 0 Å². The number of hydrogen-bond acceptors (Lipinski definition) is 4. The minimum absolute atomic E-state index is 0.330. The topological polar surface area (TPSA) is 67.8 Å². The minimum Gasteiger partial charge on any atom is -0.474 e. The molecule has 1 aliphatic rings. The number of aromatic nitrogens is 1. The van der Waals surface area contributed by atoms with Crippen LogP contribution in [0.2, 0.25) is 0 Å². The third kappa shape index (κ3) is 8.04. The Balaban J connectivity index is 1.79. The van der Waals surface area contributed by atoms with Crippen LogP contribution in [0.5, 0.6) is 5.88 Å². The summed E-state index contributed by atoms with van der Waals surface area (Å²) in [5.74, 6) is 1.57. The van der Waals surface area contributed by atoms with Gasteiger partial charge < -0.3 is 20.1 Å². The summed E-state index contributed by atoms with van der Waals surface area (Å²) >= 11 is 0. The van der Waals surface area contributed by atoms with Gasteiger partial charge in [0.2, 0.25) is 5.88 Å². The highest BCUT2D eigenvalue weighted by Gasteiger charge is 2.16. The molecule has 2 rings (SSSR count). The standard InChI is InChI=1S/C20H34N4O2/c1-3-21-20(23-12-7-8-14-25-4-2)24-16-17-11-13-22-19(15-17)26-18-9-5-6-10-18/h11,13,15,18H,3-10,12,14,16H2,1-2H3,(H2,21,23,24). The molecule has 1 aromatic rings. The first-order valence-electron chi connectivity index (χ1n) is 10.0. The summed E-state index contributed by atoms with van der Waals surface area (Å²) in [6.07, 6.45) is 9.07. The molecule has 6 nitrogen and oxygen atoms in total. The maximum absolute atomic E-state index is 5.98. The summed E-state index contributed by atoms with van der Waals surface area (Å²) in [6, 6.07) is 4.00. The summed E-state index contributed by atoms with van der Waals surface area (Å²) < 4.78 is 11.3. The molecular weight excluding hydrogens is 328 g/mol. The van der Waals surface area contributed by atoms with Gasteiger partial charge in [-0.15, -0.1) is 0 Å². The van der Waals surface area contributed by atoms with Crippen molar-refractivity contribution in [3.05, 3.63) is 23.9 Å². The van der Waals surface area contributed by atoms with Crippen molar-refractivity contribution in [2.45, 2.75) is 65.0 Å². The van der Waals surface area contributed by atoms with Gasteiger partial charge in [0.05, 0.1) is 6.54 Å². The average Bonchev–Trinajstić information content (AvgIpc) is 3.16. The Kier molecular flexibility index (Phi) is 9.87. The van der Waals surface area contributed by atoms with Crippen LogP contribution >= 0.6 is 0 Å². The van der Waals surface area contributed by atoms with E-state index in [4.69, 9.17) is 9.47 Å². The molecule has 1 heterocycles. The summed E-state index contributed by atoms with van der Waals surface area (Å²) in [7, 11) is 0. The van der Waals surface area contributed by atoms with Gasteiger partial charge in [-0.05, 0) is 64.0 Å². The van der Waals surface area contributed by atoms with E-state index in [9.17, 15) is 0 Å². The van der Waals surface area contributed by atoms with Gasteiger partial charge in [-0.25, -0.2) is 9.98 Å². The molecule has 0 bridgehead atoms. The lowest BCUT2D eigenvalue weighted by atomic mass is 10.2. The number of rotatable bonds is 11. The Morgan fingerprint density at radius 1 is 1.23 bits per heavy atom. The molecule has 1 aromatic heterocycles. The lowest BCUT2D eigenvalue weighted by Crippen LogP contribution is -2.37. The second kappa shape index (κ2) is 12.5. The van der Waals surface area contributed by atoms with E-state index in [0.717, 1.165) is 69.4 Å². The van der Waals surface area contributed by atoms with Crippen molar-refractivity contribution in [3.63, 3.8) is 0 Å². The number of ether oxygens (including phenoxy) is 2.